The van der Waals surface area contributed by atoms with Crippen LogP contribution in [0, 0.1) is 0 Å². The van der Waals surface area contributed by atoms with Gasteiger partial charge in [0.2, 0.25) is 0 Å². The van der Waals surface area contributed by atoms with Gasteiger partial charge in [0, 0.05) is 0 Å². The third-order valence-corrected chi connectivity index (χ3v) is 18.1. The molecule has 8 heteroatoms. The molecular formula is C80H176Cl4N4. The fourth-order valence-electron chi connectivity index (χ4n) is 12.1. The molecule has 0 saturated heterocycles. The summed E-state index contributed by atoms with van der Waals surface area (Å²) < 4.78 is 0. The lowest BCUT2D eigenvalue weighted by atomic mass is 10.0. The molecule has 0 spiro atoms. The van der Waals surface area contributed by atoms with Gasteiger partial charge >= 0.3 is 0 Å². The molecule has 0 amide bonds. The van der Waals surface area contributed by atoms with Gasteiger partial charge in [0.25, 0.3) is 0 Å². The SMILES string of the molecule is CCCCCCCCCCCCCCCCCC[NH+](C)C.CCCCCCCCCCCCCCCCCC[NH+](C)C.CCCCCCCCCCCCCCCCCC[NH+](C)C.CCCCCCCCCCCCCCCCCC[NH+](C)C.[Cl-].[Cl-].[Cl-].[Cl-]. The van der Waals surface area contributed by atoms with Crippen molar-refractivity contribution in [3.8, 4) is 0 Å². The first-order valence-corrected chi connectivity index (χ1v) is 40.2. The van der Waals surface area contributed by atoms with E-state index in [1.165, 1.54) is 437 Å². The van der Waals surface area contributed by atoms with Crippen LogP contribution in [0.3, 0.4) is 0 Å². The van der Waals surface area contributed by atoms with E-state index in [1.807, 2.05) is 0 Å². The van der Waals surface area contributed by atoms with Crippen molar-refractivity contribution in [3.63, 3.8) is 0 Å². The summed E-state index contributed by atoms with van der Waals surface area (Å²) in [7, 11) is 18.0. The minimum Gasteiger partial charge on any atom is -1.00 e. The summed E-state index contributed by atoms with van der Waals surface area (Å²) in [5, 5.41) is 0. The molecule has 88 heavy (non-hydrogen) atoms. The largest absolute Gasteiger partial charge is 1.00 e. The molecule has 0 rings (SSSR count). The van der Waals surface area contributed by atoms with E-state index in [4.69, 9.17) is 0 Å². The Morgan fingerprint density at radius 1 is 0.114 bits per heavy atom. The molecule has 0 atom stereocenters. The van der Waals surface area contributed by atoms with E-state index in [2.05, 4.69) is 84.1 Å². The fraction of sp³-hybridized carbons (Fsp3) is 1.00. The van der Waals surface area contributed by atoms with Gasteiger partial charge in [-0.3, -0.25) is 0 Å². The average molecular weight is 1340 g/mol. The van der Waals surface area contributed by atoms with Gasteiger partial charge in [-0.05, 0) is 51.4 Å². The van der Waals surface area contributed by atoms with Crippen LogP contribution in [0.5, 0.6) is 0 Å². The summed E-state index contributed by atoms with van der Waals surface area (Å²) in [5.74, 6) is 0. The Morgan fingerprint density at radius 3 is 0.250 bits per heavy atom. The fourth-order valence-corrected chi connectivity index (χ4v) is 12.1. The highest BCUT2D eigenvalue weighted by Gasteiger charge is 2.01. The van der Waals surface area contributed by atoms with Gasteiger partial charge in [0.1, 0.15) is 0 Å². The van der Waals surface area contributed by atoms with Crippen molar-refractivity contribution >= 4 is 0 Å². The number of quaternary nitrogens is 4. The topological polar surface area (TPSA) is 17.8 Å². The first-order chi connectivity index (χ1) is 41.1. The highest BCUT2D eigenvalue weighted by atomic mass is 35.5. The van der Waals surface area contributed by atoms with E-state index in [0.29, 0.717) is 0 Å². The van der Waals surface area contributed by atoms with Gasteiger partial charge in [-0.2, -0.15) is 0 Å². The van der Waals surface area contributed by atoms with Crippen LogP contribution < -0.4 is 69.2 Å². The number of hydrogen-bond acceptors (Lipinski definition) is 0. The van der Waals surface area contributed by atoms with Gasteiger partial charge in [-0.15, -0.1) is 0 Å². The maximum absolute atomic E-state index is 2.30. The maximum atomic E-state index is 2.30. The number of unbranched alkanes of at least 4 members (excludes halogenated alkanes) is 60. The third-order valence-electron chi connectivity index (χ3n) is 18.1. The predicted octanol–water partition coefficient (Wildman–Crippen LogP) is 9.59. The summed E-state index contributed by atoms with van der Waals surface area (Å²) in [6, 6.07) is 0. The Morgan fingerprint density at radius 2 is 0.182 bits per heavy atom. The Bertz CT molecular complexity index is 890. The van der Waals surface area contributed by atoms with Gasteiger partial charge in [0.05, 0.1) is 82.6 Å². The van der Waals surface area contributed by atoms with E-state index < -0.39 is 0 Å². The summed E-state index contributed by atoms with van der Waals surface area (Å²) in [6.07, 6.45) is 93.7. The maximum Gasteiger partial charge on any atom is 0.0766 e. The number of nitrogens with one attached hydrogen (secondary N) is 4. The van der Waals surface area contributed by atoms with Crippen LogP contribution in [0.25, 0.3) is 0 Å². The highest BCUT2D eigenvalue weighted by molar-refractivity contribution is 4.54. The monoisotopic (exact) mass is 1330 g/mol. The Hall–Kier alpha value is 1.00. The zero-order chi connectivity index (χ0) is 62.4. The summed E-state index contributed by atoms with van der Waals surface area (Å²) in [5.41, 5.74) is 0. The van der Waals surface area contributed by atoms with E-state index in [1.54, 1.807) is 19.6 Å². The first-order valence-electron chi connectivity index (χ1n) is 40.2. The van der Waals surface area contributed by atoms with E-state index >= 15 is 0 Å². The minimum atomic E-state index is 0. The van der Waals surface area contributed by atoms with Gasteiger partial charge < -0.3 is 69.2 Å². The Kier molecular flexibility index (Phi) is 121. The molecule has 0 aliphatic heterocycles. The van der Waals surface area contributed by atoms with E-state index in [-0.39, 0.29) is 49.6 Å². The molecule has 0 aliphatic rings. The Balaban J connectivity index is -0.000000159. The number of rotatable bonds is 68. The first kappa shape index (κ1) is 105. The third kappa shape index (κ3) is 121. The Labute approximate surface area is 586 Å². The molecule has 4 nitrogen and oxygen atoms in total. The molecule has 0 bridgehead atoms. The van der Waals surface area contributed by atoms with Crippen LogP contribution in [0.4, 0.5) is 0 Å². The van der Waals surface area contributed by atoms with Gasteiger partial charge in [-0.1, -0.05) is 387 Å². The van der Waals surface area contributed by atoms with Crippen molar-refractivity contribution < 1.29 is 69.2 Å². The molecule has 0 aromatic heterocycles. The molecule has 0 fully saturated rings. The molecule has 0 aromatic rings. The lowest BCUT2D eigenvalue weighted by Crippen LogP contribution is -3.05. The van der Waals surface area contributed by atoms with Crippen LogP contribution in [-0.2, 0) is 0 Å². The zero-order valence-corrected chi connectivity index (χ0v) is 66.6. The average Bonchev–Trinajstić information content (AvgIpc) is 3.47. The molecule has 0 heterocycles. The standard InChI is InChI=1S/4C20H43N.4ClH/c4*1-4-5-6-7-8-9-10-11-12-13-14-15-16-17-18-19-20-21(2)3;;;;/h4*4-20H2,1-3H3;4*1H. The molecular weight excluding hydrogens is 1160 g/mol. The van der Waals surface area contributed by atoms with Crippen molar-refractivity contribution in [3.05, 3.63) is 0 Å². The smallest absolute Gasteiger partial charge is 0.0766 e. The second kappa shape index (κ2) is 102. The molecule has 0 aliphatic carbocycles. The second-order valence-corrected chi connectivity index (χ2v) is 29.0. The second-order valence-electron chi connectivity index (χ2n) is 29.0. The molecule has 544 valence electrons. The van der Waals surface area contributed by atoms with Crippen LogP contribution in [0.1, 0.15) is 439 Å². The van der Waals surface area contributed by atoms with Crippen molar-refractivity contribution in [2.75, 3.05) is 82.6 Å². The molecule has 0 unspecified atom stereocenters. The summed E-state index contributed by atoms with van der Waals surface area (Å²) >= 11 is 0. The quantitative estimate of drug-likeness (QED) is 0.0436. The molecule has 4 N–H and O–H groups in total. The van der Waals surface area contributed by atoms with Crippen LogP contribution >= 0.6 is 0 Å². The lowest BCUT2D eigenvalue weighted by molar-refractivity contribution is -0.858. The van der Waals surface area contributed by atoms with Crippen LogP contribution in [0.2, 0.25) is 0 Å². The van der Waals surface area contributed by atoms with Gasteiger partial charge in [-0.25, -0.2) is 0 Å². The van der Waals surface area contributed by atoms with Crippen LogP contribution in [0.15, 0.2) is 0 Å². The highest BCUT2D eigenvalue weighted by Crippen LogP contribution is 2.18. The van der Waals surface area contributed by atoms with Gasteiger partial charge in [0.15, 0.2) is 0 Å². The van der Waals surface area contributed by atoms with E-state index in [0.717, 1.165) is 0 Å². The normalized spacial score (nSPS) is 10.9. The van der Waals surface area contributed by atoms with Crippen LogP contribution in [-0.4, -0.2) is 82.6 Å². The van der Waals surface area contributed by atoms with Crippen molar-refractivity contribution in [1.82, 2.24) is 0 Å². The number of hydrogen-bond donors (Lipinski definition) is 4. The number of halogens is 4. The molecule has 0 radical (unpaired) electrons. The minimum absolute atomic E-state index is 0. The predicted molar refractivity (Wildman–Crippen MR) is 389 cm³/mol. The summed E-state index contributed by atoms with van der Waals surface area (Å²) in [6.45, 7) is 14.6. The zero-order valence-electron chi connectivity index (χ0n) is 63.6. The van der Waals surface area contributed by atoms with Crippen molar-refractivity contribution in [1.29, 1.82) is 0 Å². The summed E-state index contributed by atoms with van der Waals surface area (Å²) in [4.78, 5) is 6.39. The lowest BCUT2D eigenvalue weighted by Gasteiger charge is -2.06. The van der Waals surface area contributed by atoms with Crippen molar-refractivity contribution in [2.24, 2.45) is 0 Å². The molecule has 0 saturated carbocycles. The van der Waals surface area contributed by atoms with E-state index in [9.17, 15) is 0 Å². The van der Waals surface area contributed by atoms with Crippen molar-refractivity contribution in [2.45, 2.75) is 439 Å². The molecule has 0 aromatic carbocycles.